The second-order valence-electron chi connectivity index (χ2n) is 5.47. The van der Waals surface area contributed by atoms with Gasteiger partial charge in [-0.25, -0.2) is 0 Å². The van der Waals surface area contributed by atoms with Gasteiger partial charge in [0.05, 0.1) is 5.69 Å². The monoisotopic (exact) mass is 365 g/mol. The van der Waals surface area contributed by atoms with Crippen molar-refractivity contribution in [2.45, 2.75) is 27.7 Å². The average molecular weight is 366 g/mol. The molecule has 0 radical (unpaired) electrons. The number of benzene rings is 2. The molecule has 0 aliphatic rings. The Kier molecular flexibility index (Phi) is 8.66. The number of rotatable bonds is 3. The number of phenolic OH excluding ortho intramolecular Hbond substituents is 1. The van der Waals surface area contributed by atoms with Gasteiger partial charge in [-0.1, -0.05) is 56.3 Å². The van der Waals surface area contributed by atoms with Crippen molar-refractivity contribution in [3.8, 4) is 28.1 Å². The highest BCUT2D eigenvalue weighted by atomic mass is 32.1. The first kappa shape index (κ1) is 21.5. The minimum Gasteiger partial charge on any atom is -0.508 e. The number of hydrogen-bond acceptors (Lipinski definition) is 2. The predicted molar refractivity (Wildman–Crippen MR) is 118 cm³/mol. The zero-order chi connectivity index (χ0) is 18.2. The smallest absolute Gasteiger partial charge is 0.115 e. The third-order valence-corrected chi connectivity index (χ3v) is 3.83. The lowest BCUT2D eigenvalue weighted by atomic mass is 9.96. The Morgan fingerprint density at radius 2 is 1.50 bits per heavy atom. The van der Waals surface area contributed by atoms with Crippen LogP contribution in [0.4, 0.5) is 0 Å². The van der Waals surface area contributed by atoms with Crippen LogP contribution >= 0.6 is 13.5 Å². The van der Waals surface area contributed by atoms with Crippen LogP contribution in [0.5, 0.6) is 5.75 Å². The standard InChI is InChI=1S/C21H19NO.C2H6.H2S/c1-3-7-19-15(2)22-21(17-10-12-18(23)13-11-17)14-20(19)16-8-5-4-6-9-16;1-2;/h3-14,23H,1-2H3;1-2H3;1H2/b7-3-;;. The third kappa shape index (κ3) is 4.99. The number of allylic oxidation sites excluding steroid dienone is 1. The molecule has 2 aromatic carbocycles. The van der Waals surface area contributed by atoms with E-state index in [2.05, 4.69) is 24.3 Å². The second kappa shape index (κ2) is 10.5. The number of pyridine rings is 1. The van der Waals surface area contributed by atoms with E-state index in [-0.39, 0.29) is 19.2 Å². The van der Waals surface area contributed by atoms with Crippen LogP contribution in [-0.2, 0) is 0 Å². The van der Waals surface area contributed by atoms with Crippen LogP contribution in [0.15, 0.2) is 66.7 Å². The molecule has 26 heavy (non-hydrogen) atoms. The lowest BCUT2D eigenvalue weighted by molar-refractivity contribution is 0.475. The van der Waals surface area contributed by atoms with E-state index in [1.165, 1.54) is 11.1 Å². The highest BCUT2D eigenvalue weighted by Crippen LogP contribution is 2.31. The van der Waals surface area contributed by atoms with E-state index < -0.39 is 0 Å². The fourth-order valence-corrected chi connectivity index (χ4v) is 2.70. The molecule has 3 aromatic rings. The molecule has 3 rings (SSSR count). The minimum absolute atomic E-state index is 0. The van der Waals surface area contributed by atoms with Crippen molar-refractivity contribution >= 4 is 19.6 Å². The van der Waals surface area contributed by atoms with Crippen LogP contribution in [0.25, 0.3) is 28.5 Å². The van der Waals surface area contributed by atoms with Gasteiger partial charge >= 0.3 is 0 Å². The van der Waals surface area contributed by atoms with E-state index in [1.807, 2.05) is 64.1 Å². The zero-order valence-electron chi connectivity index (χ0n) is 15.8. The Labute approximate surface area is 163 Å². The van der Waals surface area contributed by atoms with Gasteiger partial charge in [0.1, 0.15) is 5.75 Å². The number of aromatic nitrogens is 1. The van der Waals surface area contributed by atoms with Crippen LogP contribution in [0.1, 0.15) is 32.0 Å². The molecule has 0 fully saturated rings. The summed E-state index contributed by atoms with van der Waals surface area (Å²) in [4.78, 5) is 4.74. The minimum atomic E-state index is 0. The van der Waals surface area contributed by atoms with Gasteiger partial charge < -0.3 is 5.11 Å². The summed E-state index contributed by atoms with van der Waals surface area (Å²) in [6.07, 6.45) is 4.14. The molecule has 0 saturated carbocycles. The molecule has 0 spiro atoms. The largest absolute Gasteiger partial charge is 0.508 e. The molecule has 0 aliphatic heterocycles. The number of phenols is 1. The number of aryl methyl sites for hydroxylation is 1. The zero-order valence-corrected chi connectivity index (χ0v) is 16.8. The molecule has 3 heteroatoms. The maximum atomic E-state index is 9.48. The van der Waals surface area contributed by atoms with Gasteiger partial charge in [-0.3, -0.25) is 4.98 Å². The lowest BCUT2D eigenvalue weighted by Gasteiger charge is -2.13. The van der Waals surface area contributed by atoms with Gasteiger partial charge in [0.25, 0.3) is 0 Å². The van der Waals surface area contributed by atoms with E-state index in [0.717, 1.165) is 22.5 Å². The number of nitrogens with zero attached hydrogens (tertiary/aromatic N) is 1. The van der Waals surface area contributed by atoms with Gasteiger partial charge in [0, 0.05) is 16.8 Å². The molecule has 0 amide bonds. The van der Waals surface area contributed by atoms with Crippen molar-refractivity contribution in [1.29, 1.82) is 0 Å². The van der Waals surface area contributed by atoms with Crippen molar-refractivity contribution in [2.75, 3.05) is 0 Å². The van der Waals surface area contributed by atoms with Crippen LogP contribution < -0.4 is 0 Å². The van der Waals surface area contributed by atoms with Crippen LogP contribution in [0.3, 0.4) is 0 Å². The molecule has 0 unspecified atom stereocenters. The molecule has 0 atom stereocenters. The van der Waals surface area contributed by atoms with Crippen molar-refractivity contribution in [3.63, 3.8) is 0 Å². The molecule has 1 heterocycles. The van der Waals surface area contributed by atoms with Crippen molar-refractivity contribution < 1.29 is 5.11 Å². The predicted octanol–water partition coefficient (Wildman–Crippen LogP) is 6.60. The van der Waals surface area contributed by atoms with Crippen molar-refractivity contribution in [3.05, 3.63) is 78.0 Å². The average Bonchev–Trinajstić information content (AvgIpc) is 2.66. The van der Waals surface area contributed by atoms with Crippen molar-refractivity contribution in [1.82, 2.24) is 4.98 Å². The van der Waals surface area contributed by atoms with Crippen LogP contribution in [0, 0.1) is 6.92 Å². The maximum absolute atomic E-state index is 9.48. The van der Waals surface area contributed by atoms with E-state index >= 15 is 0 Å². The summed E-state index contributed by atoms with van der Waals surface area (Å²) in [6, 6.07) is 19.6. The Morgan fingerprint density at radius 3 is 2.08 bits per heavy atom. The first-order valence-electron chi connectivity index (χ1n) is 8.68. The number of aromatic hydroxyl groups is 1. The Balaban J connectivity index is 0.00000109. The molecule has 0 bridgehead atoms. The second-order valence-corrected chi connectivity index (χ2v) is 5.47. The van der Waals surface area contributed by atoms with E-state index in [0.29, 0.717) is 0 Å². The SMILES string of the molecule is C/C=C\c1c(-c2ccccc2)cc(-c2ccc(O)cc2)nc1C.CC.S. The number of hydrogen-bond donors (Lipinski definition) is 1. The van der Waals surface area contributed by atoms with Crippen LogP contribution in [-0.4, -0.2) is 10.1 Å². The maximum Gasteiger partial charge on any atom is 0.115 e. The summed E-state index contributed by atoms with van der Waals surface area (Å²) in [7, 11) is 0. The summed E-state index contributed by atoms with van der Waals surface area (Å²) in [5, 5.41) is 9.48. The summed E-state index contributed by atoms with van der Waals surface area (Å²) in [5.74, 6) is 0.263. The highest BCUT2D eigenvalue weighted by molar-refractivity contribution is 7.59. The van der Waals surface area contributed by atoms with Gasteiger partial charge in [0.2, 0.25) is 0 Å². The molecular weight excluding hydrogens is 338 g/mol. The van der Waals surface area contributed by atoms with Crippen LogP contribution in [0.2, 0.25) is 0 Å². The van der Waals surface area contributed by atoms with Gasteiger partial charge in [-0.15, -0.1) is 0 Å². The first-order valence-corrected chi connectivity index (χ1v) is 8.68. The van der Waals surface area contributed by atoms with Gasteiger partial charge in [-0.05, 0) is 55.3 Å². The summed E-state index contributed by atoms with van der Waals surface area (Å²) >= 11 is 0. The molecule has 136 valence electrons. The quantitative estimate of drug-likeness (QED) is 0.567. The normalized spacial score (nSPS) is 10.0. The van der Waals surface area contributed by atoms with Crippen molar-refractivity contribution in [2.24, 2.45) is 0 Å². The van der Waals surface area contributed by atoms with Gasteiger partial charge in [-0.2, -0.15) is 13.5 Å². The molecule has 2 nitrogen and oxygen atoms in total. The Bertz CT molecular complexity index is 840. The summed E-state index contributed by atoms with van der Waals surface area (Å²) in [6.45, 7) is 8.05. The van der Waals surface area contributed by atoms with E-state index in [1.54, 1.807) is 12.1 Å². The fourth-order valence-electron chi connectivity index (χ4n) is 2.70. The summed E-state index contributed by atoms with van der Waals surface area (Å²) < 4.78 is 0. The molecule has 0 saturated heterocycles. The molecule has 1 N–H and O–H groups in total. The summed E-state index contributed by atoms with van der Waals surface area (Å²) in [5.41, 5.74) is 6.38. The Morgan fingerprint density at radius 1 is 0.885 bits per heavy atom. The highest BCUT2D eigenvalue weighted by Gasteiger charge is 2.11. The van der Waals surface area contributed by atoms with Gasteiger partial charge in [0.15, 0.2) is 0 Å². The molecule has 1 aromatic heterocycles. The molecular formula is C23H27NOS. The molecule has 0 aliphatic carbocycles. The first-order chi connectivity index (χ1) is 12.2. The topological polar surface area (TPSA) is 33.1 Å². The lowest BCUT2D eigenvalue weighted by Crippen LogP contribution is -1.95. The van der Waals surface area contributed by atoms with E-state index in [9.17, 15) is 5.11 Å². The Hall–Kier alpha value is -2.52. The fraction of sp³-hybridized carbons (Fsp3) is 0.174. The van der Waals surface area contributed by atoms with E-state index in [4.69, 9.17) is 4.98 Å². The third-order valence-electron chi connectivity index (χ3n) is 3.83.